The Labute approximate surface area is 118 Å². The summed E-state index contributed by atoms with van der Waals surface area (Å²) in [5, 5.41) is 42.6. The molecule has 0 unspecified atom stereocenters. The molecule has 8 heteroatoms. The maximum Gasteiger partial charge on any atom is 0.517 e. The Morgan fingerprint density at radius 2 is 1.10 bits per heavy atom. The Hall–Kier alpha value is -3.16. The van der Waals surface area contributed by atoms with E-state index in [1.54, 1.807) is 0 Å². The quantitative estimate of drug-likeness (QED) is 0.502. The molecule has 0 amide bonds. The fourth-order valence-corrected chi connectivity index (χ4v) is 2.14. The van der Waals surface area contributed by atoms with Crippen LogP contribution in [0, 0.1) is 20.2 Å². The van der Waals surface area contributed by atoms with Gasteiger partial charge in [0.1, 0.15) is 21.3 Å². The first-order valence-electron chi connectivity index (χ1n) is 5.78. The fraction of sp³-hybridized carbons (Fsp3) is 0.0769. The molecule has 108 valence electrons. The molecule has 2 rings (SSSR count). The standard InChI is InChI=1S/C13H10N2O6/c16-11-7-3-1-5-9(11)13(14(18)19,15(20)21)10-6-2-4-8-12(10)17/h1-8,16-17H. The molecule has 0 aliphatic carbocycles. The van der Waals surface area contributed by atoms with E-state index in [1.165, 1.54) is 24.3 Å². The van der Waals surface area contributed by atoms with Gasteiger partial charge in [-0.25, -0.2) is 0 Å². The molecule has 8 nitrogen and oxygen atoms in total. The third-order valence-electron chi connectivity index (χ3n) is 3.09. The SMILES string of the molecule is O=[N+]([O-])C(c1ccccc1O)(c1ccccc1O)[N+](=O)[O-]. The van der Waals surface area contributed by atoms with Gasteiger partial charge in [-0.3, -0.25) is 20.2 Å². The number of hydrogen-bond acceptors (Lipinski definition) is 6. The lowest BCUT2D eigenvalue weighted by Crippen LogP contribution is -2.44. The molecule has 0 aliphatic rings. The Kier molecular flexibility index (Phi) is 3.45. The first-order chi connectivity index (χ1) is 9.92. The minimum absolute atomic E-state index is 0.526. The molecular formula is C13H10N2O6. The molecule has 0 atom stereocenters. The molecule has 0 aliphatic heterocycles. The fourth-order valence-electron chi connectivity index (χ4n) is 2.14. The predicted octanol–water partition coefficient (Wildman–Crippen LogP) is 1.85. The molecule has 0 fully saturated rings. The Morgan fingerprint density at radius 1 is 0.762 bits per heavy atom. The second-order valence-electron chi connectivity index (χ2n) is 4.22. The van der Waals surface area contributed by atoms with Crippen molar-refractivity contribution in [3.63, 3.8) is 0 Å². The molecule has 0 heterocycles. The van der Waals surface area contributed by atoms with Crippen molar-refractivity contribution in [2.75, 3.05) is 0 Å². The summed E-state index contributed by atoms with van der Waals surface area (Å²) in [4.78, 5) is 20.7. The molecule has 0 spiro atoms. The number of hydrogen-bond donors (Lipinski definition) is 2. The highest BCUT2D eigenvalue weighted by molar-refractivity contribution is 5.46. The number of para-hydroxylation sites is 2. The topological polar surface area (TPSA) is 127 Å². The third-order valence-corrected chi connectivity index (χ3v) is 3.09. The second kappa shape index (κ2) is 5.08. The summed E-state index contributed by atoms with van der Waals surface area (Å²) in [5.74, 6) is -1.21. The van der Waals surface area contributed by atoms with Crippen LogP contribution in [-0.2, 0) is 5.66 Å². The first-order valence-corrected chi connectivity index (χ1v) is 5.78. The highest BCUT2D eigenvalue weighted by atomic mass is 16.7. The van der Waals surface area contributed by atoms with Crippen molar-refractivity contribution in [2.24, 2.45) is 0 Å². The van der Waals surface area contributed by atoms with Crippen molar-refractivity contribution in [1.82, 2.24) is 0 Å². The summed E-state index contributed by atoms with van der Waals surface area (Å²) in [6, 6.07) is 9.80. The maximum atomic E-state index is 11.5. The maximum absolute atomic E-state index is 11.5. The average molecular weight is 290 g/mol. The number of aromatic hydroxyl groups is 2. The molecule has 0 saturated carbocycles. The van der Waals surface area contributed by atoms with Crippen molar-refractivity contribution in [1.29, 1.82) is 0 Å². The van der Waals surface area contributed by atoms with Gasteiger partial charge < -0.3 is 10.2 Å². The van der Waals surface area contributed by atoms with Gasteiger partial charge in [0.15, 0.2) is 11.1 Å². The molecule has 2 aromatic carbocycles. The normalized spacial score (nSPS) is 11.0. The van der Waals surface area contributed by atoms with Crippen molar-refractivity contribution in [2.45, 2.75) is 5.66 Å². The van der Waals surface area contributed by atoms with E-state index in [1.807, 2.05) is 0 Å². The molecule has 2 aromatic rings. The molecular weight excluding hydrogens is 280 g/mol. The highest BCUT2D eigenvalue weighted by Crippen LogP contribution is 2.41. The van der Waals surface area contributed by atoms with Crippen LogP contribution in [0.25, 0.3) is 0 Å². The van der Waals surface area contributed by atoms with Crippen LogP contribution >= 0.6 is 0 Å². The van der Waals surface area contributed by atoms with Crippen molar-refractivity contribution >= 4 is 0 Å². The number of phenolic OH excluding ortho intramolecular Hbond substituents is 2. The summed E-state index contributed by atoms with van der Waals surface area (Å²) in [6.45, 7) is 0. The monoisotopic (exact) mass is 290 g/mol. The molecule has 21 heavy (non-hydrogen) atoms. The average Bonchev–Trinajstić information content (AvgIpc) is 2.42. The van der Waals surface area contributed by atoms with Crippen LogP contribution in [0.15, 0.2) is 48.5 Å². The molecule has 0 saturated heterocycles. The van der Waals surface area contributed by atoms with Crippen molar-refractivity contribution in [3.8, 4) is 11.5 Å². The predicted molar refractivity (Wildman–Crippen MR) is 71.0 cm³/mol. The zero-order valence-electron chi connectivity index (χ0n) is 10.5. The van der Waals surface area contributed by atoms with Gasteiger partial charge >= 0.3 is 5.66 Å². The van der Waals surface area contributed by atoms with E-state index in [0.29, 0.717) is 0 Å². The lowest BCUT2D eigenvalue weighted by atomic mass is 9.90. The van der Waals surface area contributed by atoms with E-state index in [2.05, 4.69) is 0 Å². The van der Waals surface area contributed by atoms with E-state index in [9.17, 15) is 30.4 Å². The van der Waals surface area contributed by atoms with Gasteiger partial charge in [-0.1, -0.05) is 24.3 Å². The largest absolute Gasteiger partial charge is 0.517 e. The van der Waals surface area contributed by atoms with Gasteiger partial charge in [0.05, 0.1) is 0 Å². The van der Waals surface area contributed by atoms with E-state index in [4.69, 9.17) is 0 Å². The van der Waals surface area contributed by atoms with Gasteiger partial charge in [-0.05, 0) is 24.3 Å². The van der Waals surface area contributed by atoms with Crippen LogP contribution in [0.2, 0.25) is 0 Å². The lowest BCUT2D eigenvalue weighted by molar-refractivity contribution is -0.796. The molecule has 0 radical (unpaired) electrons. The Morgan fingerprint density at radius 3 is 1.38 bits per heavy atom. The van der Waals surface area contributed by atoms with Gasteiger partial charge in [0, 0.05) is 0 Å². The van der Waals surface area contributed by atoms with Crippen molar-refractivity contribution < 1.29 is 20.1 Å². The summed E-state index contributed by atoms with van der Waals surface area (Å²) < 4.78 is 0. The molecule has 2 N–H and O–H groups in total. The van der Waals surface area contributed by atoms with Gasteiger partial charge in [-0.15, -0.1) is 0 Å². The number of phenols is 2. The molecule has 0 aromatic heterocycles. The van der Waals surface area contributed by atoms with Gasteiger partial charge in [0.2, 0.25) is 0 Å². The zero-order chi connectivity index (χ0) is 15.6. The second-order valence-corrected chi connectivity index (χ2v) is 4.22. The number of nitrogens with zero attached hydrogens (tertiary/aromatic N) is 2. The van der Waals surface area contributed by atoms with E-state index in [0.717, 1.165) is 24.3 Å². The third kappa shape index (κ3) is 2.02. The van der Waals surface area contributed by atoms with Gasteiger partial charge in [-0.2, -0.15) is 0 Å². The lowest BCUT2D eigenvalue weighted by Gasteiger charge is -2.19. The highest BCUT2D eigenvalue weighted by Gasteiger charge is 2.63. The van der Waals surface area contributed by atoms with Crippen LogP contribution in [0.1, 0.15) is 11.1 Å². The summed E-state index contributed by atoms with van der Waals surface area (Å²) in [5.41, 5.74) is -4.04. The van der Waals surface area contributed by atoms with E-state index in [-0.39, 0.29) is 0 Å². The van der Waals surface area contributed by atoms with E-state index >= 15 is 0 Å². The van der Waals surface area contributed by atoms with Gasteiger partial charge in [0.25, 0.3) is 0 Å². The summed E-state index contributed by atoms with van der Waals surface area (Å²) in [7, 11) is 0. The number of benzene rings is 2. The minimum atomic E-state index is -2.99. The first kappa shape index (κ1) is 14.3. The Bertz CT molecular complexity index is 654. The van der Waals surface area contributed by atoms with Crippen LogP contribution in [0.4, 0.5) is 0 Å². The number of rotatable bonds is 4. The summed E-state index contributed by atoms with van der Waals surface area (Å²) in [6.07, 6.45) is 0. The van der Waals surface area contributed by atoms with Crippen LogP contribution in [-0.4, -0.2) is 20.1 Å². The van der Waals surface area contributed by atoms with E-state index < -0.39 is 38.1 Å². The minimum Gasteiger partial charge on any atom is -0.507 e. The summed E-state index contributed by atoms with van der Waals surface area (Å²) >= 11 is 0. The van der Waals surface area contributed by atoms with Crippen LogP contribution in [0.3, 0.4) is 0 Å². The van der Waals surface area contributed by atoms with Crippen LogP contribution in [0.5, 0.6) is 11.5 Å². The smallest absolute Gasteiger partial charge is 0.507 e. The van der Waals surface area contributed by atoms with Crippen molar-refractivity contribution in [3.05, 3.63) is 79.9 Å². The number of nitro groups is 2. The van der Waals surface area contributed by atoms with Crippen LogP contribution < -0.4 is 0 Å². The zero-order valence-corrected chi connectivity index (χ0v) is 10.5. The Balaban J connectivity index is 2.91. The molecule has 0 bridgehead atoms.